The largest absolute Gasteiger partial charge is 0.444 e. The van der Waals surface area contributed by atoms with E-state index >= 15 is 0 Å². The molecule has 1 aromatic heterocycles. The van der Waals surface area contributed by atoms with Gasteiger partial charge in [-0.3, -0.25) is 0 Å². The average Bonchev–Trinajstić information content (AvgIpc) is 2.72. The predicted molar refractivity (Wildman–Crippen MR) is 80.5 cm³/mol. The number of oxazole rings is 1. The fourth-order valence-electron chi connectivity index (χ4n) is 2.59. The number of nitrogens with zero attached hydrogens (tertiary/aromatic N) is 2. The number of nitrogens with two attached hydrogens (primary N) is 1. The van der Waals surface area contributed by atoms with E-state index in [1.165, 1.54) is 38.5 Å². The van der Waals surface area contributed by atoms with Crippen molar-refractivity contribution in [3.8, 4) is 0 Å². The van der Waals surface area contributed by atoms with Crippen LogP contribution in [0.1, 0.15) is 63.5 Å². The average molecular weight is 278 g/mol. The molecule has 112 valence electrons. The van der Waals surface area contributed by atoms with E-state index in [4.69, 9.17) is 10.2 Å². The third-order valence-electron chi connectivity index (χ3n) is 3.68. The summed E-state index contributed by atoms with van der Waals surface area (Å²) in [7, 11) is 0. The van der Waals surface area contributed by atoms with Gasteiger partial charge in [-0.25, -0.2) is 9.98 Å². The van der Waals surface area contributed by atoms with Crippen molar-refractivity contribution in [2.45, 2.75) is 70.9 Å². The number of rotatable bonds is 5. The molecule has 1 aromatic rings. The summed E-state index contributed by atoms with van der Waals surface area (Å²) >= 11 is 0. The zero-order valence-corrected chi connectivity index (χ0v) is 12.4. The van der Waals surface area contributed by atoms with Crippen LogP contribution in [-0.4, -0.2) is 17.0 Å². The highest BCUT2D eigenvalue weighted by Gasteiger charge is 2.12. The summed E-state index contributed by atoms with van der Waals surface area (Å²) in [6.45, 7) is 2.57. The van der Waals surface area contributed by atoms with E-state index in [2.05, 4.69) is 22.2 Å². The summed E-state index contributed by atoms with van der Waals surface area (Å²) in [4.78, 5) is 8.56. The van der Waals surface area contributed by atoms with Gasteiger partial charge in [0, 0.05) is 12.5 Å². The maximum atomic E-state index is 5.95. The van der Waals surface area contributed by atoms with Gasteiger partial charge in [-0.05, 0) is 19.3 Å². The van der Waals surface area contributed by atoms with Gasteiger partial charge < -0.3 is 15.5 Å². The molecular weight excluding hydrogens is 252 g/mol. The summed E-state index contributed by atoms with van der Waals surface area (Å²) in [5.74, 6) is 2.08. The molecular formula is C15H26N4O. The fourth-order valence-corrected chi connectivity index (χ4v) is 2.59. The van der Waals surface area contributed by atoms with Crippen molar-refractivity contribution in [1.29, 1.82) is 0 Å². The SMILES string of the molecule is CCCc1ncc(CN=C(N)NC2CCCCCC2)o1. The summed E-state index contributed by atoms with van der Waals surface area (Å²) in [5.41, 5.74) is 5.95. The number of hydrogen-bond acceptors (Lipinski definition) is 3. The van der Waals surface area contributed by atoms with Crippen molar-refractivity contribution in [1.82, 2.24) is 10.3 Å². The molecule has 0 atom stereocenters. The Morgan fingerprint density at radius 3 is 2.85 bits per heavy atom. The third-order valence-corrected chi connectivity index (χ3v) is 3.68. The van der Waals surface area contributed by atoms with Crippen molar-refractivity contribution < 1.29 is 4.42 Å². The molecule has 3 N–H and O–H groups in total. The number of aliphatic imine (C=N–C) groups is 1. The molecule has 20 heavy (non-hydrogen) atoms. The van der Waals surface area contributed by atoms with Crippen molar-refractivity contribution in [2.24, 2.45) is 10.7 Å². The van der Waals surface area contributed by atoms with Crippen molar-refractivity contribution in [3.63, 3.8) is 0 Å². The van der Waals surface area contributed by atoms with Crippen LogP contribution in [0.15, 0.2) is 15.6 Å². The third kappa shape index (κ3) is 4.87. The Morgan fingerprint density at radius 1 is 1.40 bits per heavy atom. The molecule has 1 aliphatic rings. The van der Waals surface area contributed by atoms with E-state index in [1.54, 1.807) is 6.20 Å². The number of aryl methyl sites for hydroxylation is 1. The molecule has 0 aromatic carbocycles. The Hall–Kier alpha value is -1.52. The van der Waals surface area contributed by atoms with Gasteiger partial charge in [0.15, 0.2) is 11.9 Å². The molecule has 0 saturated heterocycles. The van der Waals surface area contributed by atoms with Crippen LogP contribution in [0.2, 0.25) is 0 Å². The highest BCUT2D eigenvalue weighted by molar-refractivity contribution is 5.78. The first-order chi connectivity index (χ1) is 9.78. The Kier molecular flexibility index (Phi) is 5.89. The lowest BCUT2D eigenvalue weighted by molar-refractivity contribution is 0.453. The molecule has 1 aliphatic carbocycles. The van der Waals surface area contributed by atoms with Crippen LogP contribution >= 0.6 is 0 Å². The second-order valence-corrected chi connectivity index (χ2v) is 5.50. The van der Waals surface area contributed by atoms with E-state index in [0.29, 0.717) is 18.5 Å². The molecule has 0 amide bonds. The second kappa shape index (κ2) is 7.92. The molecule has 0 bridgehead atoms. The normalized spacial score (nSPS) is 17.9. The molecule has 5 heteroatoms. The van der Waals surface area contributed by atoms with Crippen LogP contribution in [0, 0.1) is 0 Å². The second-order valence-electron chi connectivity index (χ2n) is 5.50. The summed E-state index contributed by atoms with van der Waals surface area (Å²) in [6.07, 6.45) is 11.3. The first kappa shape index (κ1) is 14.9. The minimum absolute atomic E-state index is 0.461. The van der Waals surface area contributed by atoms with E-state index in [0.717, 1.165) is 24.5 Å². The summed E-state index contributed by atoms with van der Waals surface area (Å²) < 4.78 is 5.58. The van der Waals surface area contributed by atoms with Crippen LogP contribution in [0.5, 0.6) is 0 Å². The lowest BCUT2D eigenvalue weighted by Gasteiger charge is -2.16. The summed E-state index contributed by atoms with van der Waals surface area (Å²) in [6, 6.07) is 0.478. The van der Waals surface area contributed by atoms with Gasteiger partial charge >= 0.3 is 0 Å². The van der Waals surface area contributed by atoms with Gasteiger partial charge in [0.1, 0.15) is 12.3 Å². The maximum absolute atomic E-state index is 5.95. The molecule has 2 rings (SSSR count). The zero-order valence-electron chi connectivity index (χ0n) is 12.4. The first-order valence-electron chi connectivity index (χ1n) is 7.78. The maximum Gasteiger partial charge on any atom is 0.194 e. The van der Waals surface area contributed by atoms with Gasteiger partial charge in [0.2, 0.25) is 0 Å². The summed E-state index contributed by atoms with van der Waals surface area (Å²) in [5, 5.41) is 3.33. The quantitative estimate of drug-likeness (QED) is 0.493. The van der Waals surface area contributed by atoms with Crippen LogP contribution in [0.4, 0.5) is 0 Å². The number of guanidine groups is 1. The predicted octanol–water partition coefficient (Wildman–Crippen LogP) is 2.75. The number of aromatic nitrogens is 1. The van der Waals surface area contributed by atoms with Crippen LogP contribution in [0.3, 0.4) is 0 Å². The molecule has 1 heterocycles. The number of hydrogen-bond donors (Lipinski definition) is 2. The molecule has 1 fully saturated rings. The van der Waals surface area contributed by atoms with Gasteiger partial charge in [-0.2, -0.15) is 0 Å². The van der Waals surface area contributed by atoms with Crippen molar-refractivity contribution in [2.75, 3.05) is 0 Å². The van der Waals surface area contributed by atoms with Gasteiger partial charge in [0.25, 0.3) is 0 Å². The van der Waals surface area contributed by atoms with Crippen molar-refractivity contribution >= 4 is 5.96 Å². The van der Waals surface area contributed by atoms with E-state index < -0.39 is 0 Å². The first-order valence-corrected chi connectivity index (χ1v) is 7.78. The Labute approximate surface area is 121 Å². The molecule has 0 aliphatic heterocycles. The van der Waals surface area contributed by atoms with Gasteiger partial charge in [0.05, 0.1) is 6.20 Å². The van der Waals surface area contributed by atoms with Gasteiger partial charge in [-0.1, -0.05) is 32.6 Å². The number of nitrogens with one attached hydrogen (secondary N) is 1. The zero-order chi connectivity index (χ0) is 14.2. The Balaban J connectivity index is 1.79. The lowest BCUT2D eigenvalue weighted by Crippen LogP contribution is -2.39. The topological polar surface area (TPSA) is 76.4 Å². The van der Waals surface area contributed by atoms with E-state index in [-0.39, 0.29) is 0 Å². The lowest BCUT2D eigenvalue weighted by atomic mass is 10.1. The molecule has 0 unspecified atom stereocenters. The molecule has 0 spiro atoms. The van der Waals surface area contributed by atoms with Crippen molar-refractivity contribution in [3.05, 3.63) is 17.8 Å². The minimum Gasteiger partial charge on any atom is -0.444 e. The Morgan fingerprint density at radius 2 is 2.15 bits per heavy atom. The highest BCUT2D eigenvalue weighted by atomic mass is 16.4. The standard InChI is InChI=1S/C15H26N4O/c1-2-7-14-17-10-13(20-14)11-18-15(16)19-12-8-5-3-4-6-9-12/h10,12H,2-9,11H2,1H3,(H3,16,18,19). The van der Waals surface area contributed by atoms with E-state index in [1.807, 2.05) is 0 Å². The van der Waals surface area contributed by atoms with Crippen LogP contribution in [-0.2, 0) is 13.0 Å². The minimum atomic E-state index is 0.461. The van der Waals surface area contributed by atoms with Crippen LogP contribution in [0.25, 0.3) is 0 Å². The molecule has 5 nitrogen and oxygen atoms in total. The Bertz CT molecular complexity index is 419. The smallest absolute Gasteiger partial charge is 0.194 e. The monoisotopic (exact) mass is 278 g/mol. The molecule has 0 radical (unpaired) electrons. The van der Waals surface area contributed by atoms with Crippen LogP contribution < -0.4 is 11.1 Å². The van der Waals surface area contributed by atoms with E-state index in [9.17, 15) is 0 Å². The fraction of sp³-hybridized carbons (Fsp3) is 0.733. The van der Waals surface area contributed by atoms with Gasteiger partial charge in [-0.15, -0.1) is 0 Å². The molecule has 1 saturated carbocycles. The highest BCUT2D eigenvalue weighted by Crippen LogP contribution is 2.17.